The van der Waals surface area contributed by atoms with Crippen LogP contribution in [0.25, 0.3) is 0 Å². The van der Waals surface area contributed by atoms with Gasteiger partial charge in [0, 0.05) is 6.42 Å². The monoisotopic (exact) mass is 641 g/mol. The van der Waals surface area contributed by atoms with Gasteiger partial charge in [0.15, 0.2) is 0 Å². The van der Waals surface area contributed by atoms with E-state index in [4.69, 9.17) is 9.47 Å². The number of nitrogens with one attached hydrogen (secondary N) is 1. The van der Waals surface area contributed by atoms with Gasteiger partial charge in [0.25, 0.3) is 0 Å². The van der Waals surface area contributed by atoms with E-state index >= 15 is 0 Å². The van der Waals surface area contributed by atoms with Crippen LogP contribution in [0.2, 0.25) is 0 Å². The van der Waals surface area contributed by atoms with Crippen LogP contribution in [0.3, 0.4) is 0 Å². The van der Waals surface area contributed by atoms with Crippen LogP contribution in [-0.4, -0.2) is 67.7 Å². The summed E-state index contributed by atoms with van der Waals surface area (Å²) in [7, 11) is -3.65. The quantitative estimate of drug-likeness (QED) is 0.284. The predicted molar refractivity (Wildman–Crippen MR) is 164 cm³/mol. The zero-order valence-electron chi connectivity index (χ0n) is 27.4. The van der Waals surface area contributed by atoms with Crippen LogP contribution in [-0.2, 0) is 33.9 Å². The maximum atomic E-state index is 12.5. The van der Waals surface area contributed by atoms with E-state index in [9.17, 15) is 33.0 Å². The smallest absolute Gasteiger partial charge is 0.308 e. The fourth-order valence-electron chi connectivity index (χ4n) is 9.80. The van der Waals surface area contributed by atoms with Gasteiger partial charge in [0.05, 0.1) is 30.8 Å². The molecule has 10 unspecified atom stereocenters. The molecule has 4 saturated carbocycles. The average molecular weight is 642 g/mol. The van der Waals surface area contributed by atoms with Crippen molar-refractivity contribution < 1.29 is 42.5 Å². The highest BCUT2D eigenvalue weighted by Crippen LogP contribution is 2.68. The lowest BCUT2D eigenvalue weighted by atomic mass is 9.43. The third-order valence-corrected chi connectivity index (χ3v) is 13.1. The number of carbonyl (C=O) groups is 3. The average Bonchev–Trinajstić information content (AvgIpc) is 3.30. The third kappa shape index (κ3) is 7.14. The van der Waals surface area contributed by atoms with Gasteiger partial charge in [0.2, 0.25) is 15.9 Å². The summed E-state index contributed by atoms with van der Waals surface area (Å²) >= 11 is 0. The van der Waals surface area contributed by atoms with E-state index in [0.29, 0.717) is 19.3 Å². The second kappa shape index (κ2) is 13.6. The van der Waals surface area contributed by atoms with Crippen LogP contribution >= 0.6 is 0 Å². The molecule has 0 radical (unpaired) electrons. The van der Waals surface area contributed by atoms with Gasteiger partial charge in [-0.25, -0.2) is 8.42 Å². The van der Waals surface area contributed by atoms with Crippen LogP contribution in [0, 0.1) is 52.3 Å². The number of hydrogen-bond acceptors (Lipinski definition) is 9. The predicted octanol–water partition coefficient (Wildman–Crippen LogP) is 3.97. The van der Waals surface area contributed by atoms with Crippen molar-refractivity contribution in [2.45, 2.75) is 124 Å². The van der Waals surface area contributed by atoms with Crippen molar-refractivity contribution in [2.75, 3.05) is 12.9 Å². The summed E-state index contributed by atoms with van der Waals surface area (Å²) in [6.45, 7) is 10.4. The molecular formula is C33H55NO9S. The van der Waals surface area contributed by atoms with Crippen LogP contribution in [0.5, 0.6) is 0 Å². The summed E-state index contributed by atoms with van der Waals surface area (Å²) in [6, 6.07) is 0. The Morgan fingerprint density at radius 3 is 2.36 bits per heavy atom. The second-order valence-electron chi connectivity index (χ2n) is 15.0. The van der Waals surface area contributed by atoms with E-state index in [1.165, 1.54) is 0 Å². The molecule has 11 heteroatoms. The van der Waals surface area contributed by atoms with Crippen LogP contribution < -0.4 is 4.72 Å². The minimum absolute atomic E-state index is 0.0167. The Morgan fingerprint density at radius 2 is 1.70 bits per heavy atom. The zero-order chi connectivity index (χ0) is 32.6. The minimum Gasteiger partial charge on any atom is -0.465 e. The van der Waals surface area contributed by atoms with Gasteiger partial charge in [0.1, 0.15) is 12.7 Å². The topological polar surface area (TPSA) is 156 Å². The van der Waals surface area contributed by atoms with E-state index in [1.807, 2.05) is 18.6 Å². The highest BCUT2D eigenvalue weighted by molar-refractivity contribution is 7.89. The van der Waals surface area contributed by atoms with Gasteiger partial charge in [-0.05, 0) is 104 Å². The maximum absolute atomic E-state index is 12.5. The second-order valence-corrected chi connectivity index (χ2v) is 16.8. The van der Waals surface area contributed by atoms with Gasteiger partial charge in [-0.2, -0.15) is 0 Å². The molecule has 4 aliphatic carbocycles. The Morgan fingerprint density at radius 1 is 1.00 bits per heavy atom. The van der Waals surface area contributed by atoms with Gasteiger partial charge in [-0.1, -0.05) is 34.6 Å². The number of hydrogen-bond donors (Lipinski definition) is 3. The molecule has 44 heavy (non-hydrogen) atoms. The van der Waals surface area contributed by atoms with Gasteiger partial charge < -0.3 is 19.7 Å². The fourth-order valence-corrected chi connectivity index (χ4v) is 10.3. The molecule has 3 N–H and O–H groups in total. The minimum atomic E-state index is -3.65. The largest absolute Gasteiger partial charge is 0.465 e. The molecule has 0 spiro atoms. The number of ether oxygens (including phenoxy) is 2. The Kier molecular flexibility index (Phi) is 10.8. The molecule has 0 saturated heterocycles. The van der Waals surface area contributed by atoms with Gasteiger partial charge >= 0.3 is 11.9 Å². The molecule has 0 aromatic carbocycles. The van der Waals surface area contributed by atoms with Gasteiger partial charge in [-0.15, -0.1) is 0 Å². The highest BCUT2D eigenvalue weighted by Gasteiger charge is 2.65. The first kappa shape index (κ1) is 35.1. The number of fused-ring (bicyclic) bond motifs is 5. The van der Waals surface area contributed by atoms with Crippen molar-refractivity contribution >= 4 is 27.9 Å². The van der Waals surface area contributed by atoms with Crippen molar-refractivity contribution in [3.05, 3.63) is 0 Å². The molecule has 4 rings (SSSR count). The summed E-state index contributed by atoms with van der Waals surface area (Å²) in [4.78, 5) is 36.5. The molecule has 0 aromatic rings. The number of esters is 2. The van der Waals surface area contributed by atoms with Crippen molar-refractivity contribution in [2.24, 2.45) is 52.3 Å². The lowest BCUT2D eigenvalue weighted by Crippen LogP contribution is -2.62. The number of rotatable bonds is 11. The number of sulfonamides is 1. The summed E-state index contributed by atoms with van der Waals surface area (Å²) in [6.07, 6.45) is 6.87. The molecule has 0 aromatic heterocycles. The van der Waals surface area contributed by atoms with Crippen LogP contribution in [0.1, 0.15) is 105 Å². The summed E-state index contributed by atoms with van der Waals surface area (Å²) in [5.74, 6) is -0.273. The summed E-state index contributed by atoms with van der Waals surface area (Å²) in [5, 5.41) is 23.5. The molecular weight excluding hydrogens is 586 g/mol. The lowest BCUT2D eigenvalue weighted by Gasteiger charge is -2.63. The summed E-state index contributed by atoms with van der Waals surface area (Å²) < 4.78 is 35.2. The molecule has 10 nitrogen and oxygen atoms in total. The Bertz CT molecular complexity index is 1180. The lowest BCUT2D eigenvalue weighted by molar-refractivity contribution is -0.210. The first-order chi connectivity index (χ1) is 20.5. The molecule has 12 atom stereocenters. The number of aliphatic hydroxyl groups excluding tert-OH is 2. The van der Waals surface area contributed by atoms with Crippen molar-refractivity contribution in [3.8, 4) is 0 Å². The molecule has 252 valence electrons. The van der Waals surface area contributed by atoms with E-state index in [1.54, 1.807) is 0 Å². The standard InChI is InChI=1S/C33H55NO9S/c1-7-19(2)31(39)43-22-12-14-32(4)21(16-22)17-26(35)30-24-10-9-23(33(24,5)27(36)18-25(30)32)20(3)8-11-29(38)42-15-13-28(37)34-44(6,40)41/h19-27,30,35-36H,7-18H2,1-6H3,(H,34,37)/t19?,20?,21?,22?,23?,24?,25?,26?,27?,30?,32-,33+/m0/s1. The number of aliphatic hydroxyl groups is 2. The molecule has 0 aliphatic heterocycles. The SMILES string of the molecule is CCC(C)C(=O)OC1CC[C@@]2(C)C(C1)CC(O)C1C2CC(O)[C@]2(C)C(C(C)CCC(=O)OCCC(=O)NS(C)(=O)=O)CCC12. The van der Waals surface area contributed by atoms with Gasteiger partial charge in [-0.3, -0.25) is 19.1 Å². The molecule has 4 aliphatic rings. The third-order valence-electron chi connectivity index (χ3n) is 12.5. The normalized spacial score (nSPS) is 39.6. The highest BCUT2D eigenvalue weighted by atomic mass is 32.2. The van der Waals surface area contributed by atoms with E-state index < -0.39 is 34.1 Å². The van der Waals surface area contributed by atoms with Crippen molar-refractivity contribution in [1.29, 1.82) is 0 Å². The molecule has 0 heterocycles. The van der Waals surface area contributed by atoms with E-state index in [0.717, 1.165) is 44.8 Å². The molecule has 4 fully saturated rings. The fraction of sp³-hybridized carbons (Fsp3) is 0.909. The van der Waals surface area contributed by atoms with Crippen molar-refractivity contribution in [3.63, 3.8) is 0 Å². The number of amides is 1. The Labute approximate surface area is 263 Å². The first-order valence-electron chi connectivity index (χ1n) is 16.7. The van der Waals surface area contributed by atoms with Crippen LogP contribution in [0.4, 0.5) is 0 Å². The Balaban J connectivity index is 1.36. The first-order valence-corrected chi connectivity index (χ1v) is 18.6. The summed E-state index contributed by atoms with van der Waals surface area (Å²) in [5.41, 5.74) is -0.376. The van der Waals surface area contributed by atoms with Crippen molar-refractivity contribution in [1.82, 2.24) is 4.72 Å². The van der Waals surface area contributed by atoms with E-state index in [-0.39, 0.29) is 83.8 Å². The zero-order valence-corrected chi connectivity index (χ0v) is 28.2. The molecule has 0 bridgehead atoms. The van der Waals surface area contributed by atoms with E-state index in [2.05, 4.69) is 20.8 Å². The number of carbonyl (C=O) groups excluding carboxylic acids is 3. The molecule has 1 amide bonds. The maximum Gasteiger partial charge on any atom is 0.308 e. The Hall–Kier alpha value is -1.72. The van der Waals surface area contributed by atoms with Crippen LogP contribution in [0.15, 0.2) is 0 Å².